The van der Waals surface area contributed by atoms with Gasteiger partial charge in [-0.3, -0.25) is 0 Å². The monoisotopic (exact) mass is 383 g/mol. The predicted molar refractivity (Wildman–Crippen MR) is 66.0 cm³/mol. The second-order valence-corrected chi connectivity index (χ2v) is 6.82. The van der Waals surface area contributed by atoms with Crippen LogP contribution in [0.5, 0.6) is 0 Å². The van der Waals surface area contributed by atoms with Gasteiger partial charge in [0.05, 0.1) is 0 Å². The molecule has 0 heterocycles. The maximum Gasteiger partial charge on any atom is 0.480 e. The molecule has 0 aliphatic carbocycles. The molecule has 0 fully saturated rings. The Bertz CT molecular complexity index is 473. The Morgan fingerprint density at radius 3 is 1.05 bits per heavy atom. The minimum absolute atomic E-state index is 0.778. The van der Waals surface area contributed by atoms with Crippen LogP contribution in [0, 0.1) is 0 Å². The number of alkyl halides is 6. The van der Waals surface area contributed by atoms with Gasteiger partial charge in [-0.05, 0) is 0 Å². The highest BCUT2D eigenvalue weighted by Gasteiger charge is 2.46. The van der Waals surface area contributed by atoms with Gasteiger partial charge in [-0.25, -0.2) is 16.8 Å². The molecule has 14 heteroatoms. The summed E-state index contributed by atoms with van der Waals surface area (Å²) in [5, 5.41) is 0. The highest BCUT2D eigenvalue weighted by atomic mass is 32.3. The van der Waals surface area contributed by atoms with E-state index >= 15 is 0 Å². The van der Waals surface area contributed by atoms with E-state index in [2.05, 4.69) is 25.1 Å². The molecule has 0 spiro atoms. The summed E-state index contributed by atoms with van der Waals surface area (Å²) < 4.78 is 112. The number of hydrogen-bond acceptors (Lipinski definition) is 4. The molecule has 22 heavy (non-hydrogen) atoms. The van der Waals surface area contributed by atoms with Crippen molar-refractivity contribution in [2.45, 2.75) is 31.8 Å². The lowest BCUT2D eigenvalue weighted by Crippen LogP contribution is -2.30. The Morgan fingerprint density at radius 1 is 0.727 bits per heavy atom. The van der Waals surface area contributed by atoms with E-state index in [-0.39, 0.29) is 0 Å². The van der Waals surface area contributed by atoms with Gasteiger partial charge in [-0.2, -0.15) is 26.3 Å². The fraction of sp³-hybridized carbons (Fsp3) is 1.00. The Hall–Kier alpha value is -0.600. The van der Waals surface area contributed by atoms with Crippen molar-refractivity contribution >= 4 is 20.0 Å². The van der Waals surface area contributed by atoms with Crippen molar-refractivity contribution in [1.82, 2.24) is 0 Å². The van der Waals surface area contributed by atoms with Crippen LogP contribution in [0.1, 0.15) is 20.8 Å². The van der Waals surface area contributed by atoms with Crippen LogP contribution in [0.3, 0.4) is 0 Å². The molecule has 0 saturated carbocycles. The van der Waals surface area contributed by atoms with E-state index in [1.807, 2.05) is 0 Å². The van der Waals surface area contributed by atoms with Crippen molar-refractivity contribution < 1.29 is 47.5 Å². The third kappa shape index (κ3) is 7.60. The summed E-state index contributed by atoms with van der Waals surface area (Å²) in [4.78, 5) is 0. The summed E-state index contributed by atoms with van der Waals surface area (Å²) in [6.07, 6.45) is 0. The molecule has 0 atom stereocenters. The highest BCUT2D eigenvalue weighted by Crippen LogP contribution is 2.36. The van der Waals surface area contributed by atoms with Gasteiger partial charge in [0.25, 0.3) is 0 Å². The molecule has 0 saturated heterocycles. The molecular weight excluding hydrogens is 368 g/mol. The minimum Gasteiger partial charge on any atom is -0.422 e. The molecule has 0 aromatic carbocycles. The first-order valence-corrected chi connectivity index (χ1v) is 8.44. The zero-order valence-corrected chi connectivity index (χ0v) is 13.3. The highest BCUT2D eigenvalue weighted by molar-refractivity contribution is 8.13. The Balaban J connectivity index is 0. The molecule has 136 valence electrons. The van der Waals surface area contributed by atoms with Gasteiger partial charge < -0.3 is 8.49 Å². The molecule has 0 unspecified atom stereocenters. The number of halogens is 6. The molecule has 0 rings (SSSR count). The Labute approximate surface area is 124 Å². The lowest BCUT2D eigenvalue weighted by atomic mass is 10.7. The quantitative estimate of drug-likeness (QED) is 0.540. The molecule has 0 N–H and O–H groups in total. The fourth-order valence-electron chi connectivity index (χ4n) is 0.826. The Kier molecular flexibility index (Phi) is 8.94. The zero-order chi connectivity index (χ0) is 18.4. The SMILES string of the molecule is CC[O+](CC)CC.O=S(=O)([N-]S(=O)(=O)C(F)(F)F)C(F)(F)F. The van der Waals surface area contributed by atoms with Crippen LogP contribution in [0.15, 0.2) is 0 Å². The summed E-state index contributed by atoms with van der Waals surface area (Å²) >= 11 is 0. The first-order chi connectivity index (χ1) is 9.55. The van der Waals surface area contributed by atoms with Crippen molar-refractivity contribution in [2.75, 3.05) is 19.8 Å². The van der Waals surface area contributed by atoms with Gasteiger partial charge in [0.15, 0.2) is 20.0 Å². The topological polar surface area (TPSA) is 85.1 Å². The van der Waals surface area contributed by atoms with Crippen LogP contribution < -0.4 is 0 Å². The maximum absolute atomic E-state index is 11.4. The van der Waals surface area contributed by atoms with E-state index in [0.29, 0.717) is 0 Å². The summed E-state index contributed by atoms with van der Waals surface area (Å²) in [7, 11) is -13.4. The normalized spacial score (nSPS) is 13.7. The molecule has 0 aromatic rings. The second-order valence-electron chi connectivity index (χ2n) is 3.39. The molecule has 0 bridgehead atoms. The average Bonchev–Trinajstić information content (AvgIpc) is 2.27. The third-order valence-electron chi connectivity index (χ3n) is 2.01. The number of rotatable bonds is 5. The largest absolute Gasteiger partial charge is 0.480 e. The smallest absolute Gasteiger partial charge is 0.422 e. The maximum atomic E-state index is 11.4. The van der Waals surface area contributed by atoms with Crippen LogP contribution in [0.2, 0.25) is 0 Å². The van der Waals surface area contributed by atoms with Crippen molar-refractivity contribution in [3.05, 3.63) is 4.13 Å². The lowest BCUT2D eigenvalue weighted by molar-refractivity contribution is -0.119. The van der Waals surface area contributed by atoms with Gasteiger partial charge in [0, 0.05) is 20.8 Å². The number of hydrogen-bond donors (Lipinski definition) is 0. The van der Waals surface area contributed by atoms with Gasteiger partial charge in [0.2, 0.25) is 0 Å². The van der Waals surface area contributed by atoms with Gasteiger partial charge in [-0.1, -0.05) is 0 Å². The predicted octanol–water partition coefficient (Wildman–Crippen LogP) is 2.66. The van der Waals surface area contributed by atoms with Crippen molar-refractivity contribution in [2.24, 2.45) is 0 Å². The molecule has 0 aliphatic heterocycles. The number of nitrogens with zero attached hydrogens (tertiary/aromatic N) is 1. The summed E-state index contributed by atoms with van der Waals surface area (Å²) in [5.74, 6) is 0. The van der Waals surface area contributed by atoms with Gasteiger partial charge in [0.1, 0.15) is 19.8 Å². The van der Waals surface area contributed by atoms with Gasteiger partial charge >= 0.3 is 11.0 Å². The van der Waals surface area contributed by atoms with E-state index in [9.17, 15) is 43.2 Å². The van der Waals surface area contributed by atoms with Crippen LogP contribution in [0.4, 0.5) is 26.3 Å². The van der Waals surface area contributed by atoms with Crippen LogP contribution >= 0.6 is 0 Å². The molecule has 0 radical (unpaired) electrons. The van der Waals surface area contributed by atoms with E-state index in [1.54, 1.807) is 0 Å². The van der Waals surface area contributed by atoms with Crippen LogP contribution in [0.25, 0.3) is 4.13 Å². The first-order valence-electron chi connectivity index (χ1n) is 5.56. The second kappa shape index (κ2) is 8.31. The van der Waals surface area contributed by atoms with Crippen molar-refractivity contribution in [1.29, 1.82) is 0 Å². The standard InChI is InChI=1S/C6H15O.C2F6NO4S2/c1-4-7(5-2)6-3;3-1(4,5)14(10,11)9-15(12,13)2(6,7)8/h4-6H2,1-3H3;/q+1;-1. The molecule has 6 nitrogen and oxygen atoms in total. The summed E-state index contributed by atoms with van der Waals surface area (Å²) in [6, 6.07) is 0. The van der Waals surface area contributed by atoms with E-state index in [0.717, 1.165) is 23.9 Å². The zero-order valence-electron chi connectivity index (χ0n) is 11.7. The van der Waals surface area contributed by atoms with Crippen molar-refractivity contribution in [3.8, 4) is 0 Å². The summed E-state index contributed by atoms with van der Waals surface area (Å²) in [6.45, 7) is 9.76. The number of sulfonamides is 2. The van der Waals surface area contributed by atoms with E-state index < -0.39 is 31.1 Å². The van der Waals surface area contributed by atoms with Crippen LogP contribution in [-0.2, 0) is 24.4 Å². The molecule has 0 aliphatic rings. The third-order valence-corrected chi connectivity index (χ3v) is 4.75. The van der Waals surface area contributed by atoms with E-state index in [1.165, 1.54) is 0 Å². The molecule has 0 amide bonds. The fourth-order valence-corrected chi connectivity index (χ4v) is 2.54. The summed E-state index contributed by atoms with van der Waals surface area (Å²) in [5.41, 5.74) is -12.4. The lowest BCUT2D eigenvalue weighted by Gasteiger charge is -2.22. The first kappa shape index (κ1) is 23.7. The van der Waals surface area contributed by atoms with Crippen LogP contribution in [-0.4, -0.2) is 47.7 Å². The molecule has 0 aromatic heterocycles. The van der Waals surface area contributed by atoms with E-state index in [4.69, 9.17) is 0 Å². The molecular formula is C8H15F6NO5S2. The van der Waals surface area contributed by atoms with Gasteiger partial charge in [-0.15, -0.1) is 0 Å². The minimum atomic E-state index is -6.72. The van der Waals surface area contributed by atoms with Crippen molar-refractivity contribution in [3.63, 3.8) is 0 Å². The average molecular weight is 383 g/mol. The Morgan fingerprint density at radius 2 is 0.955 bits per heavy atom.